The van der Waals surface area contributed by atoms with Crippen LogP contribution in [-0.4, -0.2) is 40.6 Å². The minimum absolute atomic E-state index is 0.0127. The number of allylic oxidation sites excluding steroid dienone is 1. The number of hydrogen-bond acceptors (Lipinski definition) is 8. The maximum Gasteiger partial charge on any atom is 0.338 e. The highest BCUT2D eigenvalue weighted by Crippen LogP contribution is 2.40. The van der Waals surface area contributed by atoms with Gasteiger partial charge in [-0.3, -0.25) is 0 Å². The van der Waals surface area contributed by atoms with Gasteiger partial charge in [-0.05, 0) is 57.0 Å². The minimum Gasteiger partial charge on any atom is -0.490 e. The average molecular weight is 529 g/mol. The second-order valence-electron chi connectivity index (χ2n) is 8.41. The number of rotatable bonds is 9. The van der Waals surface area contributed by atoms with Gasteiger partial charge in [0.1, 0.15) is 6.04 Å². The van der Waals surface area contributed by atoms with E-state index in [0.717, 1.165) is 11.1 Å². The van der Waals surface area contributed by atoms with Crippen molar-refractivity contribution in [3.05, 3.63) is 69.9 Å². The molecule has 36 heavy (non-hydrogen) atoms. The zero-order valence-electron chi connectivity index (χ0n) is 20.9. The van der Waals surface area contributed by atoms with Crippen LogP contribution in [0.25, 0.3) is 0 Å². The third-order valence-corrected chi connectivity index (χ3v) is 6.75. The van der Waals surface area contributed by atoms with E-state index in [0.29, 0.717) is 51.3 Å². The summed E-state index contributed by atoms with van der Waals surface area (Å²) in [5, 5.41) is 9.21. The first kappa shape index (κ1) is 25.9. The minimum atomic E-state index is -0.567. The van der Waals surface area contributed by atoms with Crippen molar-refractivity contribution in [2.24, 2.45) is 0 Å². The van der Waals surface area contributed by atoms with Gasteiger partial charge in [-0.15, -0.1) is 5.10 Å². The number of aromatic nitrogens is 3. The molecule has 1 aromatic heterocycles. The van der Waals surface area contributed by atoms with Gasteiger partial charge >= 0.3 is 5.97 Å². The molecule has 0 bridgehead atoms. The summed E-state index contributed by atoms with van der Waals surface area (Å²) in [7, 11) is 1.37. The summed E-state index contributed by atoms with van der Waals surface area (Å²) in [4.78, 5) is 17.6. The first-order valence-corrected chi connectivity index (χ1v) is 13.0. The van der Waals surface area contributed by atoms with E-state index in [2.05, 4.69) is 10.3 Å². The first-order chi connectivity index (χ1) is 17.3. The number of nitrogens with zero attached hydrogens (tertiary/aromatic N) is 3. The second kappa shape index (κ2) is 11.3. The number of benzene rings is 2. The van der Waals surface area contributed by atoms with Crippen LogP contribution in [0.15, 0.2) is 58.9 Å². The van der Waals surface area contributed by atoms with Crippen molar-refractivity contribution in [3.8, 4) is 11.5 Å². The summed E-state index contributed by atoms with van der Waals surface area (Å²) >= 11 is 7.79. The molecule has 0 saturated carbocycles. The molecule has 2 heterocycles. The molecule has 0 amide bonds. The highest BCUT2D eigenvalue weighted by molar-refractivity contribution is 7.98. The third kappa shape index (κ3) is 5.47. The topological polar surface area (TPSA) is 87.5 Å². The van der Waals surface area contributed by atoms with Crippen molar-refractivity contribution < 1.29 is 19.0 Å². The Balaban J connectivity index is 1.74. The maximum absolute atomic E-state index is 12.9. The van der Waals surface area contributed by atoms with E-state index in [1.165, 1.54) is 18.9 Å². The molecule has 0 fully saturated rings. The monoisotopic (exact) mass is 528 g/mol. The van der Waals surface area contributed by atoms with Crippen LogP contribution < -0.4 is 14.8 Å². The van der Waals surface area contributed by atoms with Crippen molar-refractivity contribution in [1.82, 2.24) is 14.8 Å². The molecule has 8 nitrogen and oxygen atoms in total. The van der Waals surface area contributed by atoms with E-state index >= 15 is 0 Å². The van der Waals surface area contributed by atoms with Crippen molar-refractivity contribution in [2.75, 3.05) is 19.0 Å². The fourth-order valence-electron chi connectivity index (χ4n) is 3.95. The van der Waals surface area contributed by atoms with Gasteiger partial charge in [0.05, 0.1) is 25.4 Å². The van der Waals surface area contributed by atoms with Crippen molar-refractivity contribution >= 4 is 35.3 Å². The Hall–Kier alpha value is -3.17. The predicted molar refractivity (Wildman–Crippen MR) is 141 cm³/mol. The number of halogens is 1. The molecule has 0 saturated heterocycles. The molecule has 0 radical (unpaired) electrons. The summed E-state index contributed by atoms with van der Waals surface area (Å²) in [6.07, 6.45) is -0.0127. The Labute approximate surface area is 220 Å². The highest BCUT2D eigenvalue weighted by Gasteiger charge is 2.35. The molecule has 10 heteroatoms. The van der Waals surface area contributed by atoms with Crippen LogP contribution in [0.2, 0.25) is 5.02 Å². The molecule has 1 atom stereocenters. The quantitative estimate of drug-likeness (QED) is 0.272. The van der Waals surface area contributed by atoms with Gasteiger partial charge in [0.2, 0.25) is 11.1 Å². The summed E-state index contributed by atoms with van der Waals surface area (Å²) in [6.45, 7) is 8.13. The third-order valence-electron chi connectivity index (χ3n) is 5.50. The van der Waals surface area contributed by atoms with Gasteiger partial charge in [0.25, 0.3) is 0 Å². The van der Waals surface area contributed by atoms with E-state index in [1.807, 2.05) is 70.2 Å². The molecular formula is C26H29ClN4O4S. The highest BCUT2D eigenvalue weighted by atomic mass is 35.5. The predicted octanol–water partition coefficient (Wildman–Crippen LogP) is 5.87. The zero-order valence-corrected chi connectivity index (χ0v) is 22.4. The molecule has 1 aliphatic heterocycles. The summed E-state index contributed by atoms with van der Waals surface area (Å²) in [5.74, 6) is 1.93. The Kier molecular flexibility index (Phi) is 8.11. The normalized spacial score (nSPS) is 14.9. The number of hydrogen-bond donors (Lipinski definition) is 1. The van der Waals surface area contributed by atoms with Gasteiger partial charge in [-0.1, -0.05) is 47.6 Å². The molecular weight excluding hydrogens is 500 g/mol. The second-order valence-corrected chi connectivity index (χ2v) is 9.76. The first-order valence-electron chi connectivity index (χ1n) is 11.6. The van der Waals surface area contributed by atoms with E-state index < -0.39 is 12.0 Å². The maximum atomic E-state index is 12.9. The fourth-order valence-corrected chi connectivity index (χ4v) is 5.06. The van der Waals surface area contributed by atoms with Crippen molar-refractivity contribution in [1.29, 1.82) is 0 Å². The van der Waals surface area contributed by atoms with Crippen LogP contribution in [0.5, 0.6) is 11.5 Å². The van der Waals surface area contributed by atoms with Crippen LogP contribution in [-0.2, 0) is 15.3 Å². The Morgan fingerprint density at radius 1 is 1.22 bits per heavy atom. The van der Waals surface area contributed by atoms with Gasteiger partial charge < -0.3 is 19.5 Å². The van der Waals surface area contributed by atoms with Crippen LogP contribution in [0.3, 0.4) is 0 Å². The van der Waals surface area contributed by atoms with E-state index in [4.69, 9.17) is 30.9 Å². The number of thioether (sulfide) groups is 1. The number of methoxy groups -OCH3 is 1. The molecule has 4 rings (SSSR count). The number of ether oxygens (including phenoxy) is 3. The fraction of sp³-hybridized carbons (Fsp3) is 0.346. The van der Waals surface area contributed by atoms with Gasteiger partial charge in [-0.25, -0.2) is 9.48 Å². The van der Waals surface area contributed by atoms with Gasteiger partial charge in [0.15, 0.2) is 11.5 Å². The van der Waals surface area contributed by atoms with Crippen LogP contribution in [0.4, 0.5) is 5.95 Å². The molecule has 2 aromatic carbocycles. The lowest BCUT2D eigenvalue weighted by Crippen LogP contribution is -2.29. The number of esters is 1. The number of carbonyl (C=O) groups excluding carboxylic acids is 1. The van der Waals surface area contributed by atoms with E-state index in [9.17, 15) is 4.79 Å². The SMILES string of the molecule is CCOc1cc(C2C(C(=O)OC)=C(C)Nc3nc(SCc4ccccc4Cl)nn32)ccc1OC(C)C. The Morgan fingerprint density at radius 2 is 2.00 bits per heavy atom. The molecule has 3 aromatic rings. The van der Waals surface area contributed by atoms with Crippen LogP contribution in [0, 0.1) is 0 Å². The van der Waals surface area contributed by atoms with Crippen LogP contribution in [0.1, 0.15) is 44.9 Å². The molecule has 1 N–H and O–H groups in total. The van der Waals surface area contributed by atoms with Gasteiger partial charge in [0, 0.05) is 16.5 Å². The lowest BCUT2D eigenvalue weighted by Gasteiger charge is -2.28. The number of nitrogens with one attached hydrogen (secondary N) is 1. The standard InChI is InChI=1S/C26H29ClN4O4S/c1-6-34-21-13-17(11-12-20(21)35-15(2)3)23-22(24(32)33-5)16(4)28-25-29-26(30-31(23)25)36-14-18-9-7-8-10-19(18)27/h7-13,15,23H,6,14H2,1-5H3,(H,28,29,30). The number of fused-ring (bicyclic) bond motifs is 1. The molecule has 1 unspecified atom stereocenters. The Morgan fingerprint density at radius 3 is 2.69 bits per heavy atom. The van der Waals surface area contributed by atoms with Crippen LogP contribution >= 0.6 is 23.4 Å². The number of carbonyl (C=O) groups is 1. The Bertz CT molecular complexity index is 1290. The largest absolute Gasteiger partial charge is 0.490 e. The molecule has 0 aliphatic carbocycles. The zero-order chi connectivity index (χ0) is 25.8. The lowest BCUT2D eigenvalue weighted by atomic mass is 9.95. The average Bonchev–Trinajstić information content (AvgIpc) is 3.25. The van der Waals surface area contributed by atoms with E-state index in [-0.39, 0.29) is 6.10 Å². The summed E-state index contributed by atoms with van der Waals surface area (Å²) in [5.41, 5.74) is 2.88. The smallest absolute Gasteiger partial charge is 0.338 e. The number of anilines is 1. The van der Waals surface area contributed by atoms with Gasteiger partial charge in [-0.2, -0.15) is 4.98 Å². The molecule has 190 valence electrons. The molecule has 0 spiro atoms. The summed E-state index contributed by atoms with van der Waals surface area (Å²) < 4.78 is 18.6. The van der Waals surface area contributed by atoms with Crippen molar-refractivity contribution in [3.63, 3.8) is 0 Å². The lowest BCUT2D eigenvalue weighted by molar-refractivity contribution is -0.136. The van der Waals surface area contributed by atoms with E-state index in [1.54, 1.807) is 4.68 Å². The summed E-state index contributed by atoms with van der Waals surface area (Å²) in [6, 6.07) is 12.8. The molecule has 1 aliphatic rings. The van der Waals surface area contributed by atoms with Crippen molar-refractivity contribution in [2.45, 2.75) is 50.8 Å².